The van der Waals surface area contributed by atoms with Gasteiger partial charge in [0.2, 0.25) is 5.91 Å². The first-order chi connectivity index (χ1) is 11.6. The summed E-state index contributed by atoms with van der Waals surface area (Å²) in [7, 11) is 0. The number of carbonyl (C=O) groups is 2. The van der Waals surface area contributed by atoms with Crippen molar-refractivity contribution in [2.75, 3.05) is 5.32 Å². The minimum Gasteiger partial charge on any atom is -0.544 e. The number of benzene rings is 1. The van der Waals surface area contributed by atoms with Crippen LogP contribution in [0.15, 0.2) is 33.5 Å². The first kappa shape index (κ1) is 18.5. The molecule has 7 nitrogen and oxygen atoms in total. The molecule has 0 aliphatic heterocycles. The van der Waals surface area contributed by atoms with Gasteiger partial charge < -0.3 is 25.4 Å². The summed E-state index contributed by atoms with van der Waals surface area (Å²) in [4.78, 5) is 33.6. The first-order valence-electron chi connectivity index (χ1n) is 7.07. The van der Waals surface area contributed by atoms with Crippen molar-refractivity contribution in [3.63, 3.8) is 0 Å². The minimum absolute atomic E-state index is 0.0605. The molecule has 0 radical (unpaired) electrons. The van der Waals surface area contributed by atoms with Gasteiger partial charge in [0.25, 0.3) is 0 Å². The average Bonchev–Trinajstić information content (AvgIpc) is 2.50. The molecule has 0 fully saturated rings. The monoisotopic (exact) mass is 358 g/mol. The van der Waals surface area contributed by atoms with Gasteiger partial charge in [-0.25, -0.2) is 4.79 Å². The molecule has 1 aromatic carbocycles. The van der Waals surface area contributed by atoms with Crippen molar-refractivity contribution in [2.24, 2.45) is 0 Å². The third-order valence-corrected chi connectivity index (χ3v) is 3.39. The third-order valence-electron chi connectivity index (χ3n) is 3.39. The highest BCUT2D eigenvalue weighted by molar-refractivity contribution is 5.93. The van der Waals surface area contributed by atoms with Crippen LogP contribution in [0.25, 0.3) is 11.0 Å². The molecule has 1 atom stereocenters. The lowest BCUT2D eigenvalue weighted by Gasteiger charge is -2.11. The molecule has 134 valence electrons. The van der Waals surface area contributed by atoms with Crippen LogP contribution in [0.4, 0.5) is 18.9 Å². The number of alkyl halides is 3. The van der Waals surface area contributed by atoms with Gasteiger partial charge in [-0.1, -0.05) is 0 Å². The predicted octanol–water partition coefficient (Wildman–Crippen LogP) is -0.109. The van der Waals surface area contributed by atoms with Crippen LogP contribution in [0.2, 0.25) is 0 Å². The Morgan fingerprint density at radius 2 is 1.96 bits per heavy atom. The van der Waals surface area contributed by atoms with Crippen LogP contribution in [0.1, 0.15) is 18.4 Å². The highest BCUT2D eigenvalue weighted by Gasteiger charge is 2.33. The van der Waals surface area contributed by atoms with E-state index in [0.29, 0.717) is 6.07 Å². The second-order valence-electron chi connectivity index (χ2n) is 5.29. The van der Waals surface area contributed by atoms with E-state index in [-0.39, 0.29) is 29.5 Å². The fourth-order valence-electron chi connectivity index (χ4n) is 2.12. The van der Waals surface area contributed by atoms with E-state index in [2.05, 4.69) is 11.1 Å². The topological polar surface area (TPSA) is 127 Å². The summed E-state index contributed by atoms with van der Waals surface area (Å²) in [5, 5.41) is 12.6. The number of amides is 1. The number of carbonyl (C=O) groups excluding carboxylic acids is 2. The lowest BCUT2D eigenvalue weighted by atomic mass is 10.1. The van der Waals surface area contributed by atoms with Crippen LogP contribution in [0.5, 0.6) is 0 Å². The van der Waals surface area contributed by atoms with Crippen molar-refractivity contribution < 1.29 is 38.0 Å². The van der Waals surface area contributed by atoms with Crippen molar-refractivity contribution in [3.05, 3.63) is 40.2 Å². The molecule has 2 rings (SSSR count). The molecule has 0 aliphatic rings. The van der Waals surface area contributed by atoms with Crippen LogP contribution in [0, 0.1) is 0 Å². The number of quaternary nitrogens is 1. The summed E-state index contributed by atoms with van der Waals surface area (Å²) in [6.07, 6.45) is -4.96. The first-order valence-corrected chi connectivity index (χ1v) is 7.07. The molecule has 0 bridgehead atoms. The lowest BCUT2D eigenvalue weighted by Crippen LogP contribution is -2.68. The van der Waals surface area contributed by atoms with Gasteiger partial charge in [0.15, 0.2) is 0 Å². The van der Waals surface area contributed by atoms with Crippen molar-refractivity contribution >= 4 is 28.5 Å². The van der Waals surface area contributed by atoms with Crippen molar-refractivity contribution in [2.45, 2.75) is 25.1 Å². The highest BCUT2D eigenvalue weighted by Crippen LogP contribution is 2.34. The van der Waals surface area contributed by atoms with E-state index in [1.165, 1.54) is 6.07 Å². The maximum atomic E-state index is 12.9. The Labute approximate surface area is 138 Å². The van der Waals surface area contributed by atoms with Gasteiger partial charge in [-0.2, -0.15) is 13.2 Å². The van der Waals surface area contributed by atoms with Crippen LogP contribution >= 0.6 is 0 Å². The highest BCUT2D eigenvalue weighted by atomic mass is 19.4. The van der Waals surface area contributed by atoms with E-state index < -0.39 is 35.3 Å². The molecule has 1 amide bonds. The van der Waals surface area contributed by atoms with Crippen molar-refractivity contribution in [3.8, 4) is 0 Å². The summed E-state index contributed by atoms with van der Waals surface area (Å²) < 4.78 is 43.6. The molecule has 4 N–H and O–H groups in total. The number of hydrogen-bond acceptors (Lipinski definition) is 5. The van der Waals surface area contributed by atoms with E-state index in [1.54, 1.807) is 0 Å². The number of hydrogen-bond donors (Lipinski definition) is 2. The van der Waals surface area contributed by atoms with E-state index in [9.17, 15) is 32.7 Å². The molecule has 0 saturated carbocycles. The molecule has 1 heterocycles. The summed E-state index contributed by atoms with van der Waals surface area (Å²) in [5.74, 6) is -1.96. The molecule has 10 heteroatoms. The van der Waals surface area contributed by atoms with Gasteiger partial charge in [0.1, 0.15) is 11.6 Å². The average molecular weight is 358 g/mol. The molecular formula is C15H13F3N2O5. The fourth-order valence-corrected chi connectivity index (χ4v) is 2.12. The third kappa shape index (κ3) is 4.57. The normalized spacial score (nSPS) is 12.8. The predicted molar refractivity (Wildman–Crippen MR) is 77.0 cm³/mol. The number of rotatable bonds is 5. The molecule has 25 heavy (non-hydrogen) atoms. The van der Waals surface area contributed by atoms with Gasteiger partial charge >= 0.3 is 11.8 Å². The summed E-state index contributed by atoms with van der Waals surface area (Å²) in [5.41, 5.74) is 0.773. The van der Waals surface area contributed by atoms with E-state index >= 15 is 0 Å². The van der Waals surface area contributed by atoms with Crippen LogP contribution in [-0.2, 0) is 15.8 Å². The van der Waals surface area contributed by atoms with E-state index in [4.69, 9.17) is 4.42 Å². The summed E-state index contributed by atoms with van der Waals surface area (Å²) in [6.45, 7) is 0. The number of aliphatic carboxylic acids is 1. The Morgan fingerprint density at radius 1 is 1.28 bits per heavy atom. The Morgan fingerprint density at radius 3 is 2.56 bits per heavy atom. The molecule has 0 aliphatic carbocycles. The van der Waals surface area contributed by atoms with Crippen LogP contribution < -0.4 is 21.8 Å². The Kier molecular flexibility index (Phi) is 5.12. The van der Waals surface area contributed by atoms with Gasteiger partial charge in [-0.15, -0.1) is 0 Å². The van der Waals surface area contributed by atoms with Gasteiger partial charge in [0, 0.05) is 36.0 Å². The lowest BCUT2D eigenvalue weighted by molar-refractivity contribution is -0.438. The van der Waals surface area contributed by atoms with Crippen LogP contribution in [-0.4, -0.2) is 17.9 Å². The summed E-state index contributed by atoms with van der Waals surface area (Å²) >= 11 is 0. The number of carboxylic acids is 1. The number of anilines is 1. The molecule has 0 saturated heterocycles. The van der Waals surface area contributed by atoms with E-state index in [1.807, 2.05) is 0 Å². The zero-order valence-corrected chi connectivity index (χ0v) is 12.7. The Balaban J connectivity index is 2.23. The zero-order chi connectivity index (χ0) is 18.8. The number of carboxylic acid groups (broad SMARTS) is 1. The van der Waals surface area contributed by atoms with Gasteiger partial charge in [-0.05, 0) is 12.1 Å². The Hall–Kier alpha value is -2.88. The van der Waals surface area contributed by atoms with E-state index in [0.717, 1.165) is 12.1 Å². The fraction of sp³-hybridized carbons (Fsp3) is 0.267. The smallest absolute Gasteiger partial charge is 0.417 e. The maximum absolute atomic E-state index is 12.9. The Bertz CT molecular complexity index is 876. The minimum atomic E-state index is -4.73. The standard InChI is InChI=1S/C15H13F3N2O5/c16-15(17,18)9-6-13(22)25-11-5-7(1-2-8(9)11)20-12(21)4-3-10(19)14(23)24/h1-2,5-6,10H,3-4,19H2,(H,20,21)(H,23,24)/t10-/m0/s1. The quantitative estimate of drug-likeness (QED) is 0.721. The number of fused-ring (bicyclic) bond motifs is 1. The molecule has 2 aromatic rings. The number of nitrogens with one attached hydrogen (secondary N) is 1. The maximum Gasteiger partial charge on any atom is 0.417 e. The second kappa shape index (κ2) is 6.93. The second-order valence-corrected chi connectivity index (χ2v) is 5.29. The van der Waals surface area contributed by atoms with Gasteiger partial charge in [0.05, 0.1) is 11.5 Å². The van der Waals surface area contributed by atoms with Crippen LogP contribution in [0.3, 0.4) is 0 Å². The molecule has 0 spiro atoms. The largest absolute Gasteiger partial charge is 0.544 e. The zero-order valence-electron chi connectivity index (χ0n) is 12.7. The molecule has 1 aromatic heterocycles. The van der Waals surface area contributed by atoms with Gasteiger partial charge in [-0.3, -0.25) is 4.79 Å². The SMILES string of the molecule is [NH3+][C@@H](CCC(=O)Nc1ccc2c(C(F)(F)F)cc(=O)oc2c1)C(=O)[O-]. The van der Waals surface area contributed by atoms with Crippen molar-refractivity contribution in [1.82, 2.24) is 0 Å². The molecule has 0 unspecified atom stereocenters. The number of halogens is 3. The van der Waals surface area contributed by atoms with Crippen molar-refractivity contribution in [1.29, 1.82) is 0 Å². The summed E-state index contributed by atoms with van der Waals surface area (Å²) in [6, 6.07) is 2.67. The molecular weight excluding hydrogens is 345 g/mol.